The summed E-state index contributed by atoms with van der Waals surface area (Å²) < 4.78 is 17.0. The highest BCUT2D eigenvalue weighted by Gasteiger charge is 2.51. The molecule has 0 saturated heterocycles. The van der Waals surface area contributed by atoms with Crippen molar-refractivity contribution in [2.45, 2.75) is 43.9 Å². The Morgan fingerprint density at radius 3 is 2.75 bits per heavy atom. The number of methoxy groups -OCH3 is 2. The molecular weight excluding hydrogens is 254 g/mol. The Kier molecular flexibility index (Phi) is 3.61. The van der Waals surface area contributed by atoms with E-state index < -0.39 is 0 Å². The third kappa shape index (κ3) is 2.27. The predicted octanol–water partition coefficient (Wildman–Crippen LogP) is 2.68. The van der Waals surface area contributed by atoms with Gasteiger partial charge in [-0.1, -0.05) is 13.0 Å². The van der Waals surface area contributed by atoms with Crippen molar-refractivity contribution in [1.29, 1.82) is 0 Å². The van der Waals surface area contributed by atoms with E-state index in [2.05, 4.69) is 18.3 Å². The van der Waals surface area contributed by atoms with Crippen molar-refractivity contribution in [3.05, 3.63) is 23.8 Å². The monoisotopic (exact) mass is 277 g/mol. The zero-order valence-corrected chi connectivity index (χ0v) is 12.4. The average molecular weight is 277 g/mol. The Bertz CT molecular complexity index is 483. The van der Waals surface area contributed by atoms with E-state index in [1.54, 1.807) is 14.2 Å². The van der Waals surface area contributed by atoms with Crippen LogP contribution in [-0.4, -0.2) is 32.5 Å². The molecule has 1 aliphatic carbocycles. The molecule has 1 atom stereocenters. The summed E-state index contributed by atoms with van der Waals surface area (Å²) in [7, 11) is 3.46. The molecule has 3 rings (SSSR count). The van der Waals surface area contributed by atoms with Gasteiger partial charge in [-0.05, 0) is 12.6 Å². The predicted molar refractivity (Wildman–Crippen MR) is 77.4 cm³/mol. The first kappa shape index (κ1) is 13.7. The lowest BCUT2D eigenvalue weighted by atomic mass is 9.71. The van der Waals surface area contributed by atoms with E-state index in [1.807, 2.05) is 12.1 Å². The van der Waals surface area contributed by atoms with Crippen LogP contribution in [0.4, 0.5) is 0 Å². The van der Waals surface area contributed by atoms with Gasteiger partial charge in [0.1, 0.15) is 17.1 Å². The quantitative estimate of drug-likeness (QED) is 0.918. The van der Waals surface area contributed by atoms with E-state index in [-0.39, 0.29) is 5.60 Å². The summed E-state index contributed by atoms with van der Waals surface area (Å²) in [5.74, 6) is 1.80. The third-order valence-electron chi connectivity index (χ3n) is 4.48. The highest BCUT2D eigenvalue weighted by molar-refractivity contribution is 5.45. The minimum Gasteiger partial charge on any atom is -0.497 e. The van der Waals surface area contributed by atoms with Crippen LogP contribution in [0.1, 0.15) is 37.8 Å². The van der Waals surface area contributed by atoms with Crippen LogP contribution < -0.4 is 14.8 Å². The topological polar surface area (TPSA) is 39.7 Å². The lowest BCUT2D eigenvalue weighted by Crippen LogP contribution is -2.56. The Hall–Kier alpha value is -1.26. The lowest BCUT2D eigenvalue weighted by Gasteiger charge is -2.51. The second-order valence-electron chi connectivity index (χ2n) is 5.77. The van der Waals surface area contributed by atoms with Gasteiger partial charge in [0.15, 0.2) is 0 Å². The molecule has 1 unspecified atom stereocenters. The highest BCUT2D eigenvalue weighted by atomic mass is 16.5. The number of ether oxygens (including phenoxy) is 3. The third-order valence-corrected chi connectivity index (χ3v) is 4.48. The van der Waals surface area contributed by atoms with Crippen molar-refractivity contribution < 1.29 is 14.2 Å². The fraction of sp³-hybridized carbons (Fsp3) is 0.625. The van der Waals surface area contributed by atoms with Gasteiger partial charge < -0.3 is 19.5 Å². The minimum atomic E-state index is -0.0626. The fourth-order valence-corrected chi connectivity index (χ4v) is 3.39. The maximum atomic E-state index is 6.31. The number of benzene rings is 1. The molecule has 1 heterocycles. The standard InChI is InChI=1S/C16H23NO3/c1-4-17-14-10-16(8-12(9-16)19-3)20-15-7-11(18-2)5-6-13(14)15/h5-7,12,14,17H,4,8-10H2,1-3H3. The summed E-state index contributed by atoms with van der Waals surface area (Å²) in [6.45, 7) is 3.10. The molecular formula is C16H23NO3. The van der Waals surface area contributed by atoms with Crippen LogP contribution in [0.25, 0.3) is 0 Å². The molecule has 2 aliphatic rings. The van der Waals surface area contributed by atoms with Crippen molar-refractivity contribution in [2.24, 2.45) is 0 Å². The van der Waals surface area contributed by atoms with E-state index in [0.717, 1.165) is 37.3 Å². The Morgan fingerprint density at radius 2 is 2.10 bits per heavy atom. The largest absolute Gasteiger partial charge is 0.497 e. The van der Waals surface area contributed by atoms with Gasteiger partial charge in [-0.2, -0.15) is 0 Å². The van der Waals surface area contributed by atoms with Crippen molar-refractivity contribution in [2.75, 3.05) is 20.8 Å². The minimum absolute atomic E-state index is 0.0626. The van der Waals surface area contributed by atoms with Gasteiger partial charge in [-0.3, -0.25) is 0 Å². The van der Waals surface area contributed by atoms with Gasteiger partial charge in [0, 0.05) is 44.0 Å². The Morgan fingerprint density at radius 1 is 1.30 bits per heavy atom. The second kappa shape index (κ2) is 5.26. The number of nitrogens with one attached hydrogen (secondary N) is 1. The van der Waals surface area contributed by atoms with Crippen LogP contribution in [0.5, 0.6) is 11.5 Å². The fourth-order valence-electron chi connectivity index (χ4n) is 3.39. The zero-order chi connectivity index (χ0) is 14.2. The smallest absolute Gasteiger partial charge is 0.128 e. The summed E-state index contributed by atoms with van der Waals surface area (Å²) >= 11 is 0. The second-order valence-corrected chi connectivity index (χ2v) is 5.77. The average Bonchev–Trinajstić information content (AvgIpc) is 2.43. The summed E-state index contributed by atoms with van der Waals surface area (Å²) in [4.78, 5) is 0. The van der Waals surface area contributed by atoms with Crippen molar-refractivity contribution in [3.8, 4) is 11.5 Å². The van der Waals surface area contributed by atoms with Crippen molar-refractivity contribution in [3.63, 3.8) is 0 Å². The van der Waals surface area contributed by atoms with Crippen LogP contribution >= 0.6 is 0 Å². The number of hydrogen-bond donors (Lipinski definition) is 1. The molecule has 1 saturated carbocycles. The molecule has 1 aromatic carbocycles. The van der Waals surface area contributed by atoms with Gasteiger partial charge in [0.25, 0.3) is 0 Å². The Balaban J connectivity index is 1.88. The van der Waals surface area contributed by atoms with Crippen molar-refractivity contribution >= 4 is 0 Å². The van der Waals surface area contributed by atoms with Crippen LogP contribution in [0, 0.1) is 0 Å². The first-order valence-electron chi connectivity index (χ1n) is 7.33. The van der Waals surface area contributed by atoms with Crippen LogP contribution in [0.3, 0.4) is 0 Å². The molecule has 20 heavy (non-hydrogen) atoms. The van der Waals surface area contributed by atoms with E-state index in [4.69, 9.17) is 14.2 Å². The van der Waals surface area contributed by atoms with Gasteiger partial charge in [0.2, 0.25) is 0 Å². The van der Waals surface area contributed by atoms with Gasteiger partial charge in [-0.25, -0.2) is 0 Å². The lowest BCUT2D eigenvalue weighted by molar-refractivity contribution is -0.126. The number of rotatable bonds is 4. The number of fused-ring (bicyclic) bond motifs is 1. The molecule has 4 heteroatoms. The van der Waals surface area contributed by atoms with Crippen LogP contribution in [-0.2, 0) is 4.74 Å². The molecule has 1 spiro atoms. The van der Waals surface area contributed by atoms with Crippen LogP contribution in [0.2, 0.25) is 0 Å². The summed E-state index contributed by atoms with van der Waals surface area (Å²) in [6.07, 6.45) is 3.30. The molecule has 0 bridgehead atoms. The maximum absolute atomic E-state index is 6.31. The molecule has 0 radical (unpaired) electrons. The summed E-state index contributed by atoms with van der Waals surface area (Å²) in [5.41, 5.74) is 1.17. The molecule has 110 valence electrons. The molecule has 0 aromatic heterocycles. The first-order chi connectivity index (χ1) is 9.69. The molecule has 1 aliphatic heterocycles. The molecule has 1 aromatic rings. The van der Waals surface area contributed by atoms with Gasteiger partial charge in [-0.15, -0.1) is 0 Å². The molecule has 1 N–H and O–H groups in total. The normalized spacial score (nSPS) is 31.4. The maximum Gasteiger partial charge on any atom is 0.128 e. The van der Waals surface area contributed by atoms with E-state index in [0.29, 0.717) is 12.1 Å². The van der Waals surface area contributed by atoms with E-state index in [1.165, 1.54) is 5.56 Å². The Labute approximate surface area is 120 Å². The summed E-state index contributed by atoms with van der Waals surface area (Å²) in [6, 6.07) is 6.47. The van der Waals surface area contributed by atoms with E-state index in [9.17, 15) is 0 Å². The molecule has 4 nitrogen and oxygen atoms in total. The van der Waals surface area contributed by atoms with Gasteiger partial charge >= 0.3 is 0 Å². The van der Waals surface area contributed by atoms with Gasteiger partial charge in [0.05, 0.1) is 13.2 Å². The zero-order valence-electron chi connectivity index (χ0n) is 12.4. The SMILES string of the molecule is CCNC1CC2(CC(OC)C2)Oc2cc(OC)ccc21. The first-order valence-corrected chi connectivity index (χ1v) is 7.33. The number of hydrogen-bond acceptors (Lipinski definition) is 4. The van der Waals surface area contributed by atoms with Crippen LogP contribution in [0.15, 0.2) is 18.2 Å². The molecule has 0 amide bonds. The van der Waals surface area contributed by atoms with E-state index >= 15 is 0 Å². The summed E-state index contributed by atoms with van der Waals surface area (Å²) in [5, 5.41) is 3.57. The molecule has 1 fully saturated rings. The van der Waals surface area contributed by atoms with Crippen molar-refractivity contribution in [1.82, 2.24) is 5.32 Å². The highest BCUT2D eigenvalue weighted by Crippen LogP contribution is 2.50.